The zero-order valence-corrected chi connectivity index (χ0v) is 19.0. The summed E-state index contributed by atoms with van der Waals surface area (Å²) in [5.41, 5.74) is 1.71. The van der Waals surface area contributed by atoms with Gasteiger partial charge >= 0.3 is 0 Å². The van der Waals surface area contributed by atoms with E-state index < -0.39 is 10.0 Å². The van der Waals surface area contributed by atoms with Gasteiger partial charge in [-0.15, -0.1) is 24.8 Å². The summed E-state index contributed by atoms with van der Waals surface area (Å²) >= 11 is 0. The number of nitrogens with one attached hydrogen (secondary N) is 1. The number of piperazine rings is 1. The van der Waals surface area contributed by atoms with E-state index in [9.17, 15) is 8.42 Å². The molecule has 0 spiro atoms. The van der Waals surface area contributed by atoms with Crippen LogP contribution in [0.2, 0.25) is 0 Å². The molecule has 1 fully saturated rings. The number of sulfonamides is 1. The second kappa shape index (κ2) is 12.0. The summed E-state index contributed by atoms with van der Waals surface area (Å²) in [6.07, 6.45) is 1.16. The molecule has 27 heavy (non-hydrogen) atoms. The zero-order valence-electron chi connectivity index (χ0n) is 16.6. The Balaban J connectivity index is 0.00000338. The summed E-state index contributed by atoms with van der Waals surface area (Å²) in [6, 6.07) is 7.95. The van der Waals surface area contributed by atoms with Gasteiger partial charge in [-0.3, -0.25) is 9.62 Å². The average Bonchev–Trinajstić information content (AvgIpc) is 2.53. The molecule has 2 rings (SSSR count). The Hall–Kier alpha value is -0.730. The summed E-state index contributed by atoms with van der Waals surface area (Å²) in [7, 11) is -3.24. The fraction of sp³-hybridized carbons (Fsp3) is 0.667. The number of hydrogen-bond donors (Lipinski definition) is 1. The Kier molecular flexibility index (Phi) is 11.6. The van der Waals surface area contributed by atoms with Crippen LogP contribution in [0.1, 0.15) is 20.8 Å². The lowest BCUT2D eigenvalue weighted by molar-refractivity contribution is 0.0435. The van der Waals surface area contributed by atoms with Crippen LogP contribution in [0.3, 0.4) is 0 Å². The van der Waals surface area contributed by atoms with Crippen molar-refractivity contribution in [2.75, 3.05) is 55.3 Å². The van der Waals surface area contributed by atoms with Crippen molar-refractivity contribution < 1.29 is 13.2 Å². The molecule has 0 radical (unpaired) electrons. The van der Waals surface area contributed by atoms with Crippen LogP contribution in [0, 0.1) is 5.92 Å². The highest BCUT2D eigenvalue weighted by Crippen LogP contribution is 2.22. The molecule has 1 saturated heterocycles. The quantitative estimate of drug-likeness (QED) is 0.671. The monoisotopic (exact) mass is 441 g/mol. The molecular formula is C18H33Cl2N3O3S. The molecule has 0 bridgehead atoms. The molecule has 1 unspecified atom stereocenters. The fourth-order valence-electron chi connectivity index (χ4n) is 3.10. The maximum atomic E-state index is 11.3. The molecule has 0 aliphatic carbocycles. The van der Waals surface area contributed by atoms with Crippen molar-refractivity contribution >= 4 is 46.2 Å². The molecule has 158 valence electrons. The number of ether oxygens (including phenoxy) is 1. The number of hydrogen-bond acceptors (Lipinski definition) is 5. The summed E-state index contributed by atoms with van der Waals surface area (Å²) in [6.45, 7) is 12.0. The van der Waals surface area contributed by atoms with Gasteiger partial charge in [0.05, 0.1) is 18.9 Å². The molecule has 6 nitrogen and oxygen atoms in total. The van der Waals surface area contributed by atoms with Crippen LogP contribution in [-0.4, -0.2) is 65.0 Å². The topological polar surface area (TPSA) is 61.9 Å². The molecule has 1 heterocycles. The van der Waals surface area contributed by atoms with Crippen molar-refractivity contribution in [3.63, 3.8) is 0 Å². The molecule has 1 N–H and O–H groups in total. The molecule has 0 saturated carbocycles. The third kappa shape index (κ3) is 8.87. The number of rotatable bonds is 8. The summed E-state index contributed by atoms with van der Waals surface area (Å²) in [4.78, 5) is 4.82. The molecule has 1 atom stereocenters. The number of likely N-dealkylation sites (N-methyl/N-ethyl adjacent to an activating group) is 1. The SMILES string of the molecule is CCN1CCN(c2ccc(NS(C)(=O)=O)cc2)CC1COCC(C)C.Cl.Cl. The predicted molar refractivity (Wildman–Crippen MR) is 118 cm³/mol. The van der Waals surface area contributed by atoms with Crippen molar-refractivity contribution in [1.29, 1.82) is 0 Å². The Morgan fingerprint density at radius 1 is 1.19 bits per heavy atom. The van der Waals surface area contributed by atoms with Crippen LogP contribution in [0.15, 0.2) is 24.3 Å². The molecule has 0 amide bonds. The second-order valence-electron chi connectivity index (χ2n) is 7.08. The Morgan fingerprint density at radius 2 is 1.81 bits per heavy atom. The third-order valence-electron chi connectivity index (χ3n) is 4.31. The van der Waals surface area contributed by atoms with E-state index in [1.807, 2.05) is 24.3 Å². The Bertz CT molecular complexity index is 642. The van der Waals surface area contributed by atoms with Crippen molar-refractivity contribution in [1.82, 2.24) is 4.90 Å². The standard InChI is InChI=1S/C18H31N3O3S.2ClH/c1-5-20-10-11-21(12-18(20)14-24-13-15(2)3)17-8-6-16(7-9-17)19-25(4,22)23;;/h6-9,15,18-19H,5,10-14H2,1-4H3;2*1H. The summed E-state index contributed by atoms with van der Waals surface area (Å²) in [5, 5.41) is 0. The Morgan fingerprint density at radius 3 is 2.33 bits per heavy atom. The predicted octanol–water partition coefficient (Wildman–Crippen LogP) is 3.08. The van der Waals surface area contributed by atoms with Crippen LogP contribution in [0.4, 0.5) is 11.4 Å². The molecule has 0 aromatic heterocycles. The van der Waals surface area contributed by atoms with Gasteiger partial charge in [-0.2, -0.15) is 0 Å². The van der Waals surface area contributed by atoms with Crippen molar-refractivity contribution in [2.45, 2.75) is 26.8 Å². The third-order valence-corrected chi connectivity index (χ3v) is 4.91. The average molecular weight is 442 g/mol. The maximum Gasteiger partial charge on any atom is 0.229 e. The lowest BCUT2D eigenvalue weighted by Gasteiger charge is -2.42. The Labute approximate surface area is 176 Å². The van der Waals surface area contributed by atoms with E-state index in [0.717, 1.165) is 51.3 Å². The van der Waals surface area contributed by atoms with E-state index in [0.29, 0.717) is 17.6 Å². The van der Waals surface area contributed by atoms with Gasteiger partial charge in [0.1, 0.15) is 0 Å². The van der Waals surface area contributed by atoms with Crippen LogP contribution >= 0.6 is 24.8 Å². The normalized spacial score (nSPS) is 18.0. The first-order valence-electron chi connectivity index (χ1n) is 8.93. The van der Waals surface area contributed by atoms with Gasteiger partial charge in [0.15, 0.2) is 0 Å². The minimum Gasteiger partial charge on any atom is -0.379 e. The van der Waals surface area contributed by atoms with Gasteiger partial charge < -0.3 is 9.64 Å². The lowest BCUT2D eigenvalue weighted by Crippen LogP contribution is -2.55. The molecule has 1 aromatic rings. The maximum absolute atomic E-state index is 11.3. The molecule has 1 aromatic carbocycles. The lowest BCUT2D eigenvalue weighted by atomic mass is 10.1. The minimum absolute atomic E-state index is 0. The smallest absolute Gasteiger partial charge is 0.229 e. The summed E-state index contributed by atoms with van der Waals surface area (Å²) in [5.74, 6) is 0.546. The molecular weight excluding hydrogens is 409 g/mol. The van der Waals surface area contributed by atoms with Crippen molar-refractivity contribution in [2.24, 2.45) is 5.92 Å². The number of halogens is 2. The molecule has 1 aliphatic rings. The highest BCUT2D eigenvalue weighted by atomic mass is 35.5. The molecule has 9 heteroatoms. The van der Waals surface area contributed by atoms with E-state index in [2.05, 4.69) is 35.3 Å². The van der Waals surface area contributed by atoms with Crippen LogP contribution < -0.4 is 9.62 Å². The number of anilines is 2. The van der Waals surface area contributed by atoms with Crippen LogP contribution in [-0.2, 0) is 14.8 Å². The highest BCUT2D eigenvalue weighted by molar-refractivity contribution is 7.92. The van der Waals surface area contributed by atoms with E-state index in [1.165, 1.54) is 0 Å². The van der Waals surface area contributed by atoms with Crippen LogP contribution in [0.25, 0.3) is 0 Å². The van der Waals surface area contributed by atoms with Gasteiger partial charge in [0.25, 0.3) is 0 Å². The first-order valence-corrected chi connectivity index (χ1v) is 10.8. The largest absolute Gasteiger partial charge is 0.379 e. The van der Waals surface area contributed by atoms with Gasteiger partial charge in [-0.25, -0.2) is 8.42 Å². The van der Waals surface area contributed by atoms with Gasteiger partial charge in [-0.05, 0) is 36.7 Å². The van der Waals surface area contributed by atoms with Crippen molar-refractivity contribution in [3.8, 4) is 0 Å². The van der Waals surface area contributed by atoms with Gasteiger partial charge in [0.2, 0.25) is 10.0 Å². The van der Waals surface area contributed by atoms with E-state index in [-0.39, 0.29) is 24.8 Å². The number of benzene rings is 1. The summed E-state index contributed by atoms with van der Waals surface area (Å²) < 4.78 is 31.0. The number of nitrogens with zero attached hydrogens (tertiary/aromatic N) is 2. The highest BCUT2D eigenvalue weighted by Gasteiger charge is 2.26. The first-order chi connectivity index (χ1) is 11.8. The minimum atomic E-state index is -3.24. The molecule has 1 aliphatic heterocycles. The first kappa shape index (κ1) is 26.3. The van der Waals surface area contributed by atoms with Gasteiger partial charge in [0, 0.05) is 37.6 Å². The van der Waals surface area contributed by atoms with Crippen LogP contribution in [0.5, 0.6) is 0 Å². The fourth-order valence-corrected chi connectivity index (χ4v) is 3.66. The van der Waals surface area contributed by atoms with E-state index in [4.69, 9.17) is 4.74 Å². The van der Waals surface area contributed by atoms with E-state index in [1.54, 1.807) is 0 Å². The van der Waals surface area contributed by atoms with Gasteiger partial charge in [-0.1, -0.05) is 20.8 Å². The van der Waals surface area contributed by atoms with Crippen molar-refractivity contribution in [3.05, 3.63) is 24.3 Å². The second-order valence-corrected chi connectivity index (χ2v) is 8.83. The van der Waals surface area contributed by atoms with E-state index >= 15 is 0 Å². The zero-order chi connectivity index (χ0) is 18.4.